The summed E-state index contributed by atoms with van der Waals surface area (Å²) >= 11 is 0. The largest absolute Gasteiger partial charge is 0.388 e. The van der Waals surface area contributed by atoms with Crippen LogP contribution in [0.4, 0.5) is 11.4 Å². The number of sulfonamides is 1. The lowest BCUT2D eigenvalue weighted by molar-refractivity contribution is -0.387. The third-order valence-electron chi connectivity index (χ3n) is 2.71. The van der Waals surface area contributed by atoms with E-state index in [2.05, 4.69) is 15.4 Å². The maximum Gasteiger partial charge on any atom is 0.289 e. The molecule has 1 aromatic rings. The van der Waals surface area contributed by atoms with Crippen LogP contribution >= 0.6 is 0 Å². The predicted octanol–water partition coefficient (Wildman–Crippen LogP) is 0.0493. The zero-order valence-electron chi connectivity index (χ0n) is 11.7. The van der Waals surface area contributed by atoms with E-state index >= 15 is 0 Å². The molecule has 0 saturated carbocycles. The zero-order chi connectivity index (χ0) is 16.2. The van der Waals surface area contributed by atoms with Gasteiger partial charge in [-0.25, -0.2) is 8.42 Å². The highest BCUT2D eigenvalue weighted by atomic mass is 32.2. The van der Waals surface area contributed by atoms with Crippen LogP contribution < -0.4 is 15.4 Å². The van der Waals surface area contributed by atoms with Gasteiger partial charge in [-0.3, -0.25) is 14.9 Å². The van der Waals surface area contributed by atoms with E-state index in [-0.39, 0.29) is 0 Å². The number of carbonyl (C=O) groups excluding carboxylic acids is 1. The molecule has 0 aliphatic heterocycles. The molecule has 0 spiro atoms. The van der Waals surface area contributed by atoms with Crippen molar-refractivity contribution in [1.82, 2.24) is 10.0 Å². The summed E-state index contributed by atoms with van der Waals surface area (Å²) in [5.41, 5.74) is -0.167. The molecule has 0 fully saturated rings. The molecule has 3 N–H and O–H groups in total. The SMILES string of the molecule is CNC(=O)C(C)NS(=O)(=O)c1cc(NC)ccc1[N+](=O)[O-]. The van der Waals surface area contributed by atoms with E-state index in [0.29, 0.717) is 5.69 Å². The van der Waals surface area contributed by atoms with Crippen molar-refractivity contribution >= 4 is 27.3 Å². The average Bonchev–Trinajstić information content (AvgIpc) is 2.44. The molecule has 0 saturated heterocycles. The Kier molecular flexibility index (Phi) is 5.22. The first kappa shape index (κ1) is 16.9. The summed E-state index contributed by atoms with van der Waals surface area (Å²) in [4.78, 5) is 21.0. The summed E-state index contributed by atoms with van der Waals surface area (Å²) in [6.45, 7) is 1.34. The minimum Gasteiger partial charge on any atom is -0.388 e. The fourth-order valence-electron chi connectivity index (χ4n) is 1.60. The first-order valence-corrected chi connectivity index (χ1v) is 7.41. The number of amides is 1. The van der Waals surface area contributed by atoms with E-state index in [9.17, 15) is 23.3 Å². The van der Waals surface area contributed by atoms with Gasteiger partial charge in [0.05, 0.1) is 11.0 Å². The van der Waals surface area contributed by atoms with Gasteiger partial charge in [0.25, 0.3) is 5.69 Å². The monoisotopic (exact) mass is 316 g/mol. The summed E-state index contributed by atoms with van der Waals surface area (Å²) in [5, 5.41) is 15.9. The van der Waals surface area contributed by atoms with Crippen molar-refractivity contribution in [1.29, 1.82) is 0 Å². The van der Waals surface area contributed by atoms with Gasteiger partial charge in [0.15, 0.2) is 4.90 Å². The molecule has 0 radical (unpaired) electrons. The van der Waals surface area contributed by atoms with Crippen LogP contribution in [0.3, 0.4) is 0 Å². The van der Waals surface area contributed by atoms with Crippen molar-refractivity contribution in [3.8, 4) is 0 Å². The fraction of sp³-hybridized carbons (Fsp3) is 0.364. The van der Waals surface area contributed by atoms with Gasteiger partial charge in [0, 0.05) is 25.8 Å². The number of nitrogens with one attached hydrogen (secondary N) is 3. The van der Waals surface area contributed by atoms with Gasteiger partial charge >= 0.3 is 0 Å². The quantitative estimate of drug-likeness (QED) is 0.502. The molecule has 1 amide bonds. The van der Waals surface area contributed by atoms with Crippen LogP contribution in [0.15, 0.2) is 23.1 Å². The topological polar surface area (TPSA) is 130 Å². The lowest BCUT2D eigenvalue weighted by Gasteiger charge is -2.13. The smallest absolute Gasteiger partial charge is 0.289 e. The van der Waals surface area contributed by atoms with Gasteiger partial charge < -0.3 is 10.6 Å². The molecule has 0 heterocycles. The normalized spacial score (nSPS) is 12.5. The van der Waals surface area contributed by atoms with Crippen LogP contribution in [-0.4, -0.2) is 39.4 Å². The fourth-order valence-corrected chi connectivity index (χ4v) is 3.00. The van der Waals surface area contributed by atoms with E-state index in [1.165, 1.54) is 20.0 Å². The summed E-state index contributed by atoms with van der Waals surface area (Å²) in [7, 11) is -1.30. The van der Waals surface area contributed by atoms with Gasteiger partial charge in [-0.1, -0.05) is 0 Å². The highest BCUT2D eigenvalue weighted by molar-refractivity contribution is 7.89. The van der Waals surface area contributed by atoms with Crippen LogP contribution in [0.1, 0.15) is 6.92 Å². The number of carbonyl (C=O) groups is 1. The summed E-state index contributed by atoms with van der Waals surface area (Å²) in [6.07, 6.45) is 0. The zero-order valence-corrected chi connectivity index (χ0v) is 12.5. The third kappa shape index (κ3) is 3.89. The van der Waals surface area contributed by atoms with Crippen LogP contribution in [0.25, 0.3) is 0 Å². The molecular weight excluding hydrogens is 300 g/mol. The maximum absolute atomic E-state index is 12.2. The maximum atomic E-state index is 12.2. The Labute approximate surface area is 121 Å². The number of nitro benzene ring substituents is 1. The molecule has 0 aromatic heterocycles. The Bertz CT molecular complexity index is 659. The average molecular weight is 316 g/mol. The molecule has 10 heteroatoms. The first-order chi connectivity index (χ1) is 9.72. The predicted molar refractivity (Wildman–Crippen MR) is 76.5 cm³/mol. The Balaban J connectivity index is 3.29. The van der Waals surface area contributed by atoms with Crippen LogP contribution in [0.2, 0.25) is 0 Å². The van der Waals surface area contributed by atoms with Crippen molar-refractivity contribution in [3.05, 3.63) is 28.3 Å². The number of hydrogen-bond acceptors (Lipinski definition) is 6. The second kappa shape index (κ2) is 6.50. The Morgan fingerprint density at radius 2 is 1.95 bits per heavy atom. The number of nitro groups is 1. The molecule has 116 valence electrons. The lowest BCUT2D eigenvalue weighted by Crippen LogP contribution is -2.43. The molecule has 0 aliphatic rings. The highest BCUT2D eigenvalue weighted by Gasteiger charge is 2.29. The lowest BCUT2D eigenvalue weighted by atomic mass is 10.3. The van der Waals surface area contributed by atoms with Crippen LogP contribution in [0, 0.1) is 10.1 Å². The van der Waals surface area contributed by atoms with Crippen LogP contribution in [-0.2, 0) is 14.8 Å². The van der Waals surface area contributed by atoms with Gasteiger partial charge in [0.1, 0.15) is 0 Å². The number of benzene rings is 1. The first-order valence-electron chi connectivity index (χ1n) is 5.93. The van der Waals surface area contributed by atoms with Crippen LogP contribution in [0.5, 0.6) is 0 Å². The van der Waals surface area contributed by atoms with Crippen molar-refractivity contribution in [2.24, 2.45) is 0 Å². The molecule has 9 nitrogen and oxygen atoms in total. The second-order valence-electron chi connectivity index (χ2n) is 4.15. The summed E-state index contributed by atoms with van der Waals surface area (Å²) in [5.74, 6) is -0.550. The number of nitrogens with zero attached hydrogens (tertiary/aromatic N) is 1. The molecule has 1 atom stereocenters. The van der Waals surface area contributed by atoms with Crippen molar-refractivity contribution in [2.75, 3.05) is 19.4 Å². The van der Waals surface area contributed by atoms with E-state index < -0.39 is 37.5 Å². The third-order valence-corrected chi connectivity index (χ3v) is 4.28. The minimum absolute atomic E-state index is 0.397. The van der Waals surface area contributed by atoms with E-state index in [1.54, 1.807) is 7.05 Å². The van der Waals surface area contributed by atoms with Gasteiger partial charge in [-0.2, -0.15) is 4.72 Å². The second-order valence-corrected chi connectivity index (χ2v) is 5.83. The van der Waals surface area contributed by atoms with Crippen molar-refractivity contribution < 1.29 is 18.1 Å². The molecule has 0 aliphatic carbocycles. The molecule has 1 unspecified atom stereocenters. The van der Waals surface area contributed by atoms with E-state index in [1.807, 2.05) is 0 Å². The minimum atomic E-state index is -4.22. The van der Waals surface area contributed by atoms with Crippen molar-refractivity contribution in [2.45, 2.75) is 17.9 Å². The summed E-state index contributed by atoms with van der Waals surface area (Å²) < 4.78 is 26.6. The standard InChI is InChI=1S/C11H16N4O5S/c1-7(11(16)13-3)14-21(19,20)10-6-8(12-2)4-5-9(10)15(17)18/h4-7,12,14H,1-3H3,(H,13,16). The highest BCUT2D eigenvalue weighted by Crippen LogP contribution is 2.26. The number of anilines is 1. The number of rotatable bonds is 6. The number of hydrogen-bond donors (Lipinski definition) is 3. The molecule has 1 rings (SSSR count). The molecular formula is C11H16N4O5S. The van der Waals surface area contributed by atoms with E-state index in [0.717, 1.165) is 12.1 Å². The Morgan fingerprint density at radius 1 is 1.33 bits per heavy atom. The van der Waals surface area contributed by atoms with Gasteiger partial charge in [-0.15, -0.1) is 0 Å². The Morgan fingerprint density at radius 3 is 2.43 bits per heavy atom. The van der Waals surface area contributed by atoms with Gasteiger partial charge in [-0.05, 0) is 19.1 Å². The van der Waals surface area contributed by atoms with Crippen molar-refractivity contribution in [3.63, 3.8) is 0 Å². The molecule has 21 heavy (non-hydrogen) atoms. The van der Waals surface area contributed by atoms with Gasteiger partial charge in [0.2, 0.25) is 15.9 Å². The molecule has 1 aromatic carbocycles. The van der Waals surface area contributed by atoms with E-state index in [4.69, 9.17) is 0 Å². The summed E-state index contributed by atoms with van der Waals surface area (Å²) in [6, 6.07) is 2.55. The number of likely N-dealkylation sites (N-methyl/N-ethyl adjacent to an activating group) is 1. The Hall–Kier alpha value is -2.20. The molecule has 0 bridgehead atoms.